The van der Waals surface area contributed by atoms with Gasteiger partial charge in [-0.05, 0) is 26.4 Å². The third kappa shape index (κ3) is 3.80. The Kier molecular flexibility index (Phi) is 4.58. The molecule has 1 fully saturated rings. The van der Waals surface area contributed by atoms with E-state index in [1.807, 2.05) is 13.8 Å². The van der Waals surface area contributed by atoms with Gasteiger partial charge < -0.3 is 14.6 Å². The van der Waals surface area contributed by atoms with E-state index in [9.17, 15) is 4.79 Å². The maximum atomic E-state index is 11.5. The van der Waals surface area contributed by atoms with Crippen LogP contribution in [0.3, 0.4) is 0 Å². The summed E-state index contributed by atoms with van der Waals surface area (Å²) in [6, 6.07) is 1.85. The molecule has 0 bridgehead atoms. The summed E-state index contributed by atoms with van der Waals surface area (Å²) < 4.78 is 5.71. The van der Waals surface area contributed by atoms with Gasteiger partial charge >= 0.3 is 0 Å². The molecule has 1 saturated heterocycles. The third-order valence-corrected chi connectivity index (χ3v) is 3.63. The number of piperidine rings is 1. The summed E-state index contributed by atoms with van der Waals surface area (Å²) in [7, 11) is 2.12. The van der Waals surface area contributed by atoms with Gasteiger partial charge in [-0.1, -0.05) is 20.3 Å². The Morgan fingerprint density at radius 2 is 2.32 bits per heavy atom. The zero-order chi connectivity index (χ0) is 13.8. The van der Waals surface area contributed by atoms with Crippen molar-refractivity contribution >= 4 is 0 Å². The highest BCUT2D eigenvalue weighted by molar-refractivity contribution is 5.10. The highest BCUT2D eigenvalue weighted by Gasteiger charge is 2.19. The zero-order valence-electron chi connectivity index (χ0n) is 12.0. The number of aromatic nitrogens is 2. The van der Waals surface area contributed by atoms with E-state index in [4.69, 9.17) is 4.74 Å². The van der Waals surface area contributed by atoms with Gasteiger partial charge in [-0.3, -0.25) is 4.79 Å². The monoisotopic (exact) mass is 265 g/mol. The molecule has 0 amide bonds. The van der Waals surface area contributed by atoms with Crippen molar-refractivity contribution in [3.05, 3.63) is 22.2 Å². The van der Waals surface area contributed by atoms with Gasteiger partial charge in [-0.2, -0.15) is 4.98 Å². The Morgan fingerprint density at radius 3 is 3.00 bits per heavy atom. The predicted molar refractivity (Wildman–Crippen MR) is 74.7 cm³/mol. The van der Waals surface area contributed by atoms with Crippen molar-refractivity contribution in [1.29, 1.82) is 0 Å². The Hall–Kier alpha value is -1.36. The minimum Gasteiger partial charge on any atom is -0.476 e. The van der Waals surface area contributed by atoms with Gasteiger partial charge in [0.15, 0.2) is 0 Å². The largest absolute Gasteiger partial charge is 0.476 e. The summed E-state index contributed by atoms with van der Waals surface area (Å²) >= 11 is 0. The molecule has 1 aromatic heterocycles. The molecule has 0 spiro atoms. The van der Waals surface area contributed by atoms with Crippen LogP contribution in [0.5, 0.6) is 5.88 Å². The Balaban J connectivity index is 2.00. The van der Waals surface area contributed by atoms with Crippen molar-refractivity contribution in [2.24, 2.45) is 0 Å². The molecule has 5 heteroatoms. The van der Waals surface area contributed by atoms with E-state index in [0.29, 0.717) is 24.4 Å². The van der Waals surface area contributed by atoms with Crippen LogP contribution in [-0.4, -0.2) is 41.1 Å². The lowest BCUT2D eigenvalue weighted by Crippen LogP contribution is -2.40. The number of likely N-dealkylation sites (tertiary alicyclic amines) is 1. The number of ether oxygens (including phenoxy) is 1. The van der Waals surface area contributed by atoms with Gasteiger partial charge in [0.05, 0.1) is 6.07 Å². The van der Waals surface area contributed by atoms with Crippen molar-refractivity contribution < 1.29 is 4.74 Å². The first-order chi connectivity index (χ1) is 9.06. The molecule has 1 atom stereocenters. The Labute approximate surface area is 114 Å². The normalized spacial score (nSPS) is 20.7. The van der Waals surface area contributed by atoms with Gasteiger partial charge in [0.2, 0.25) is 5.88 Å². The number of likely N-dealkylation sites (N-methyl/N-ethyl adjacent to an activating group) is 1. The second-order valence-corrected chi connectivity index (χ2v) is 5.56. The molecule has 0 saturated carbocycles. The van der Waals surface area contributed by atoms with Gasteiger partial charge in [0, 0.05) is 12.0 Å². The van der Waals surface area contributed by atoms with Gasteiger partial charge in [-0.25, -0.2) is 0 Å². The molecule has 1 aliphatic heterocycles. The summed E-state index contributed by atoms with van der Waals surface area (Å²) in [5, 5.41) is 0. The Morgan fingerprint density at radius 1 is 1.53 bits per heavy atom. The van der Waals surface area contributed by atoms with Crippen LogP contribution in [0.15, 0.2) is 10.9 Å². The SMILES string of the molecule is CC(C)c1nc(OCC2CCCCN2C)cc(=O)[nH]1. The second-order valence-electron chi connectivity index (χ2n) is 5.56. The van der Waals surface area contributed by atoms with Crippen molar-refractivity contribution in [2.45, 2.75) is 45.1 Å². The molecule has 1 unspecified atom stereocenters. The van der Waals surface area contributed by atoms with Crippen LogP contribution in [0.2, 0.25) is 0 Å². The first-order valence-electron chi connectivity index (χ1n) is 7.00. The minimum atomic E-state index is -0.148. The van der Waals surface area contributed by atoms with E-state index >= 15 is 0 Å². The quantitative estimate of drug-likeness (QED) is 0.901. The molecular weight excluding hydrogens is 242 g/mol. The van der Waals surface area contributed by atoms with Gasteiger partial charge in [0.1, 0.15) is 12.4 Å². The molecule has 19 heavy (non-hydrogen) atoms. The molecule has 0 radical (unpaired) electrons. The summed E-state index contributed by atoms with van der Waals surface area (Å²) in [6.45, 7) is 5.71. The Bertz CT molecular complexity index is 470. The van der Waals surface area contributed by atoms with Crippen LogP contribution in [0, 0.1) is 0 Å². The van der Waals surface area contributed by atoms with E-state index in [2.05, 4.69) is 21.9 Å². The molecule has 106 valence electrons. The molecule has 2 heterocycles. The maximum Gasteiger partial charge on any atom is 0.254 e. The van der Waals surface area contributed by atoms with Crippen molar-refractivity contribution in [2.75, 3.05) is 20.2 Å². The summed E-state index contributed by atoms with van der Waals surface area (Å²) in [5.41, 5.74) is -0.148. The number of hydrogen-bond acceptors (Lipinski definition) is 4. The highest BCUT2D eigenvalue weighted by atomic mass is 16.5. The average molecular weight is 265 g/mol. The summed E-state index contributed by atoms with van der Waals surface area (Å²) in [5.74, 6) is 1.31. The number of H-pyrrole nitrogens is 1. The molecule has 1 aromatic rings. The van der Waals surface area contributed by atoms with Crippen molar-refractivity contribution in [3.63, 3.8) is 0 Å². The van der Waals surface area contributed by atoms with Crippen LogP contribution in [-0.2, 0) is 0 Å². The standard InChI is InChI=1S/C14H23N3O2/c1-10(2)14-15-12(18)8-13(16-14)19-9-11-6-4-5-7-17(11)3/h8,10-11H,4-7,9H2,1-3H3,(H,15,16,18). The first-order valence-corrected chi connectivity index (χ1v) is 7.00. The number of hydrogen-bond donors (Lipinski definition) is 1. The van der Waals surface area contributed by atoms with Crippen LogP contribution in [0.4, 0.5) is 0 Å². The maximum absolute atomic E-state index is 11.5. The molecule has 0 aromatic carbocycles. The number of nitrogens with one attached hydrogen (secondary N) is 1. The summed E-state index contributed by atoms with van der Waals surface area (Å²) in [4.78, 5) is 20.9. The molecular formula is C14H23N3O2. The van der Waals surface area contributed by atoms with Crippen molar-refractivity contribution in [1.82, 2.24) is 14.9 Å². The van der Waals surface area contributed by atoms with Gasteiger partial charge in [-0.15, -0.1) is 0 Å². The minimum absolute atomic E-state index is 0.148. The average Bonchev–Trinajstić information content (AvgIpc) is 2.37. The molecule has 2 rings (SSSR count). The van der Waals surface area contributed by atoms with Crippen LogP contribution in [0.25, 0.3) is 0 Å². The van der Waals surface area contributed by atoms with E-state index in [1.165, 1.54) is 18.9 Å². The second kappa shape index (κ2) is 6.19. The number of aromatic amines is 1. The number of nitrogens with zero attached hydrogens (tertiary/aromatic N) is 2. The lowest BCUT2D eigenvalue weighted by atomic mass is 10.0. The summed E-state index contributed by atoms with van der Waals surface area (Å²) in [6.07, 6.45) is 3.66. The molecule has 1 N–H and O–H groups in total. The molecule has 0 aliphatic carbocycles. The zero-order valence-corrected chi connectivity index (χ0v) is 12.0. The highest BCUT2D eigenvalue weighted by Crippen LogP contribution is 2.16. The van der Waals surface area contributed by atoms with E-state index < -0.39 is 0 Å². The third-order valence-electron chi connectivity index (χ3n) is 3.63. The molecule has 5 nitrogen and oxygen atoms in total. The fourth-order valence-corrected chi connectivity index (χ4v) is 2.34. The fourth-order valence-electron chi connectivity index (χ4n) is 2.34. The molecule has 1 aliphatic rings. The topological polar surface area (TPSA) is 58.2 Å². The van der Waals surface area contributed by atoms with Gasteiger partial charge in [0.25, 0.3) is 5.56 Å². The van der Waals surface area contributed by atoms with Crippen LogP contribution in [0.1, 0.15) is 44.9 Å². The van der Waals surface area contributed by atoms with E-state index in [1.54, 1.807) is 0 Å². The first kappa shape index (κ1) is 14.1. The smallest absolute Gasteiger partial charge is 0.254 e. The van der Waals surface area contributed by atoms with E-state index in [0.717, 1.165) is 13.0 Å². The fraction of sp³-hybridized carbons (Fsp3) is 0.714. The van der Waals surface area contributed by atoms with Crippen LogP contribution < -0.4 is 10.3 Å². The lowest BCUT2D eigenvalue weighted by Gasteiger charge is -2.31. The lowest BCUT2D eigenvalue weighted by molar-refractivity contribution is 0.122. The predicted octanol–water partition coefficient (Wildman–Crippen LogP) is 1.76. The van der Waals surface area contributed by atoms with Crippen molar-refractivity contribution in [3.8, 4) is 5.88 Å². The van der Waals surface area contributed by atoms with E-state index in [-0.39, 0.29) is 11.5 Å². The number of rotatable bonds is 4. The van der Waals surface area contributed by atoms with Crippen LogP contribution >= 0.6 is 0 Å².